The van der Waals surface area contributed by atoms with Crippen LogP contribution in [0.4, 0.5) is 0 Å². The first-order valence-corrected chi connectivity index (χ1v) is 9.75. The lowest BCUT2D eigenvalue weighted by Crippen LogP contribution is -2.69. The highest BCUT2D eigenvalue weighted by Gasteiger charge is 2.54. The van der Waals surface area contributed by atoms with Gasteiger partial charge in [0.25, 0.3) is 5.91 Å². The summed E-state index contributed by atoms with van der Waals surface area (Å²) in [5.74, 6) is -1.18. The van der Waals surface area contributed by atoms with Crippen molar-refractivity contribution in [3.63, 3.8) is 0 Å². The molecule has 0 spiro atoms. The normalized spacial score (nSPS) is 31.6. The standard InChI is InChI=1S/C21H22N2O7/c24-16-13-10(6-11-20(16)30-8-29-11)12-14(22-7-9-4-2-1-3-5-9)17(25)19(27)18(26)15(12)23-21(13)28/h1-6,12,14-15,17-19,22,24-27H,7-8H2,(H,23,28)/t12-,14+,15+,17-,18-,19+/m0/s1. The number of aromatic hydroxyl groups is 1. The fourth-order valence-corrected chi connectivity index (χ4v) is 4.69. The summed E-state index contributed by atoms with van der Waals surface area (Å²) >= 11 is 0. The van der Waals surface area contributed by atoms with E-state index in [1.807, 2.05) is 30.3 Å². The molecule has 2 heterocycles. The van der Waals surface area contributed by atoms with E-state index in [0.29, 0.717) is 12.1 Å². The van der Waals surface area contributed by atoms with Crippen LogP contribution in [0.15, 0.2) is 36.4 Å². The molecular weight excluding hydrogens is 392 g/mol. The number of carbonyl (C=O) groups is 1. The number of phenols is 1. The molecule has 158 valence electrons. The van der Waals surface area contributed by atoms with Gasteiger partial charge in [0.05, 0.1) is 17.7 Å². The Labute approximate surface area is 171 Å². The van der Waals surface area contributed by atoms with Gasteiger partial charge in [0.1, 0.15) is 12.2 Å². The van der Waals surface area contributed by atoms with Crippen LogP contribution in [-0.2, 0) is 6.54 Å². The second kappa shape index (κ2) is 7.13. The van der Waals surface area contributed by atoms with E-state index in [-0.39, 0.29) is 29.6 Å². The number of rotatable bonds is 3. The molecule has 0 aromatic heterocycles. The molecule has 6 atom stereocenters. The summed E-state index contributed by atoms with van der Waals surface area (Å²) in [6.07, 6.45) is -4.14. The van der Waals surface area contributed by atoms with Crippen molar-refractivity contribution >= 4 is 5.91 Å². The van der Waals surface area contributed by atoms with Gasteiger partial charge >= 0.3 is 0 Å². The molecule has 30 heavy (non-hydrogen) atoms. The minimum Gasteiger partial charge on any atom is -0.504 e. The van der Waals surface area contributed by atoms with E-state index < -0.39 is 42.2 Å². The van der Waals surface area contributed by atoms with Crippen LogP contribution in [0.3, 0.4) is 0 Å². The first-order chi connectivity index (χ1) is 14.5. The summed E-state index contributed by atoms with van der Waals surface area (Å²) in [4.78, 5) is 12.7. The molecule has 2 aliphatic heterocycles. The maximum absolute atomic E-state index is 12.7. The van der Waals surface area contributed by atoms with Gasteiger partial charge in [0, 0.05) is 18.5 Å². The Bertz CT molecular complexity index is 983. The monoisotopic (exact) mass is 414 g/mol. The summed E-state index contributed by atoms with van der Waals surface area (Å²) in [5, 5.41) is 48.3. The second-order valence-electron chi connectivity index (χ2n) is 7.81. The maximum atomic E-state index is 12.7. The molecule has 9 nitrogen and oxygen atoms in total. The molecule has 1 aliphatic carbocycles. The molecule has 1 saturated carbocycles. The number of carbonyl (C=O) groups excluding carboxylic acids is 1. The first-order valence-electron chi connectivity index (χ1n) is 9.75. The Morgan fingerprint density at radius 1 is 1.07 bits per heavy atom. The Morgan fingerprint density at radius 3 is 2.60 bits per heavy atom. The van der Waals surface area contributed by atoms with Crippen molar-refractivity contribution in [2.24, 2.45) is 0 Å². The molecule has 9 heteroatoms. The number of aliphatic hydroxyl groups excluding tert-OH is 3. The summed E-state index contributed by atoms with van der Waals surface area (Å²) in [5.41, 5.74) is 1.40. The zero-order valence-electron chi connectivity index (χ0n) is 15.9. The van der Waals surface area contributed by atoms with Crippen molar-refractivity contribution in [2.75, 3.05) is 6.79 Å². The second-order valence-corrected chi connectivity index (χ2v) is 7.81. The van der Waals surface area contributed by atoms with E-state index in [1.165, 1.54) is 0 Å². The molecule has 3 aliphatic rings. The van der Waals surface area contributed by atoms with Gasteiger partial charge < -0.3 is 40.5 Å². The number of benzene rings is 2. The van der Waals surface area contributed by atoms with Crippen LogP contribution in [0.1, 0.15) is 27.4 Å². The van der Waals surface area contributed by atoms with Crippen molar-refractivity contribution < 1.29 is 34.7 Å². The summed E-state index contributed by atoms with van der Waals surface area (Å²) in [6.45, 7) is 0.315. The molecule has 1 fully saturated rings. The van der Waals surface area contributed by atoms with Crippen molar-refractivity contribution in [2.45, 2.75) is 42.9 Å². The SMILES string of the molecule is O=C1N[C@H]2[C@H](O)[C@H](O)[C@@H](O)[C@H](NCc3ccccc3)[C@@H]2c2cc3c(c(O)c21)OCO3. The topological polar surface area (TPSA) is 141 Å². The van der Waals surface area contributed by atoms with Crippen molar-refractivity contribution in [3.8, 4) is 17.2 Å². The number of ether oxygens (including phenoxy) is 2. The van der Waals surface area contributed by atoms with Gasteiger partial charge in [-0.25, -0.2) is 0 Å². The molecule has 6 N–H and O–H groups in total. The van der Waals surface area contributed by atoms with Crippen LogP contribution >= 0.6 is 0 Å². The molecule has 5 rings (SSSR count). The molecule has 2 aromatic rings. The first kappa shape index (κ1) is 19.1. The van der Waals surface area contributed by atoms with Crippen molar-refractivity contribution in [1.82, 2.24) is 10.6 Å². The van der Waals surface area contributed by atoms with Gasteiger partial charge in [-0.1, -0.05) is 30.3 Å². The van der Waals surface area contributed by atoms with Gasteiger partial charge in [-0.05, 0) is 17.2 Å². The summed E-state index contributed by atoms with van der Waals surface area (Å²) in [6, 6.07) is 9.55. The quantitative estimate of drug-likeness (QED) is 0.398. The van der Waals surface area contributed by atoms with E-state index in [4.69, 9.17) is 9.47 Å². The van der Waals surface area contributed by atoms with Crippen LogP contribution in [0, 0.1) is 0 Å². The average Bonchev–Trinajstić information content (AvgIpc) is 3.22. The number of hydrogen-bond acceptors (Lipinski definition) is 8. The fraction of sp³-hybridized carbons (Fsp3) is 0.381. The molecular formula is C21H22N2O7. The van der Waals surface area contributed by atoms with Gasteiger partial charge in [0.2, 0.25) is 12.5 Å². The number of hydrogen-bond donors (Lipinski definition) is 6. The van der Waals surface area contributed by atoms with Crippen LogP contribution < -0.4 is 20.1 Å². The molecule has 0 radical (unpaired) electrons. The largest absolute Gasteiger partial charge is 0.504 e. The van der Waals surface area contributed by atoms with E-state index >= 15 is 0 Å². The molecule has 1 amide bonds. The number of phenolic OH excluding ortho intramolecular Hbond substituents is 1. The highest BCUT2D eigenvalue weighted by molar-refractivity contribution is 6.01. The molecule has 0 saturated heterocycles. The third-order valence-corrected chi connectivity index (χ3v) is 6.15. The van der Waals surface area contributed by atoms with E-state index in [2.05, 4.69) is 10.6 Å². The fourth-order valence-electron chi connectivity index (χ4n) is 4.69. The zero-order chi connectivity index (χ0) is 21.0. The predicted molar refractivity (Wildman–Crippen MR) is 103 cm³/mol. The van der Waals surface area contributed by atoms with Crippen molar-refractivity contribution in [3.05, 3.63) is 53.1 Å². The van der Waals surface area contributed by atoms with Crippen LogP contribution in [0.25, 0.3) is 0 Å². The lowest BCUT2D eigenvalue weighted by atomic mass is 9.68. The zero-order valence-corrected chi connectivity index (χ0v) is 15.9. The smallest absolute Gasteiger partial charge is 0.255 e. The van der Waals surface area contributed by atoms with E-state index in [1.54, 1.807) is 6.07 Å². The highest BCUT2D eigenvalue weighted by Crippen LogP contribution is 2.50. The summed E-state index contributed by atoms with van der Waals surface area (Å²) in [7, 11) is 0. The maximum Gasteiger partial charge on any atom is 0.255 e. The Hall–Kier alpha value is -2.85. The Kier molecular flexibility index (Phi) is 4.55. The molecule has 0 bridgehead atoms. The predicted octanol–water partition coefficient (Wildman–Crippen LogP) is -0.429. The van der Waals surface area contributed by atoms with Crippen LogP contribution in [0.5, 0.6) is 17.2 Å². The van der Waals surface area contributed by atoms with Gasteiger partial charge in [-0.2, -0.15) is 0 Å². The van der Waals surface area contributed by atoms with Crippen molar-refractivity contribution in [1.29, 1.82) is 0 Å². The Morgan fingerprint density at radius 2 is 1.83 bits per heavy atom. The average molecular weight is 414 g/mol. The molecule has 0 unspecified atom stereocenters. The Balaban J connectivity index is 1.58. The van der Waals surface area contributed by atoms with Crippen LogP contribution in [-0.4, -0.2) is 63.5 Å². The van der Waals surface area contributed by atoms with Gasteiger partial charge in [0.15, 0.2) is 11.5 Å². The minimum atomic E-state index is -1.45. The third-order valence-electron chi connectivity index (χ3n) is 6.15. The van der Waals surface area contributed by atoms with E-state index in [9.17, 15) is 25.2 Å². The number of fused-ring (bicyclic) bond motifs is 4. The highest BCUT2D eigenvalue weighted by atomic mass is 16.7. The summed E-state index contributed by atoms with van der Waals surface area (Å²) < 4.78 is 10.7. The van der Waals surface area contributed by atoms with Crippen LogP contribution in [0.2, 0.25) is 0 Å². The third kappa shape index (κ3) is 2.82. The lowest BCUT2D eigenvalue weighted by molar-refractivity contribution is -0.119. The van der Waals surface area contributed by atoms with E-state index in [0.717, 1.165) is 5.56 Å². The number of nitrogens with one attached hydrogen (secondary N) is 2. The van der Waals surface area contributed by atoms with Gasteiger partial charge in [-0.3, -0.25) is 4.79 Å². The number of amides is 1. The minimum absolute atomic E-state index is 0.0165. The molecule has 2 aromatic carbocycles. The van der Waals surface area contributed by atoms with Gasteiger partial charge in [-0.15, -0.1) is 0 Å². The lowest BCUT2D eigenvalue weighted by Gasteiger charge is -2.49. The number of aliphatic hydroxyl groups is 3.